The van der Waals surface area contributed by atoms with Gasteiger partial charge in [0.2, 0.25) is 0 Å². The fourth-order valence-electron chi connectivity index (χ4n) is 1.30. The first-order valence-electron chi connectivity index (χ1n) is 4.52. The van der Waals surface area contributed by atoms with Gasteiger partial charge in [0.25, 0.3) is 0 Å². The van der Waals surface area contributed by atoms with Crippen molar-refractivity contribution in [1.82, 2.24) is 0 Å². The number of phenolic OH excluding ortho intramolecular Hbond substituents is 1. The zero-order chi connectivity index (χ0) is 12.3. The minimum Gasteiger partial charge on any atom is -0.504 e. The van der Waals surface area contributed by atoms with Crippen LogP contribution in [0.15, 0.2) is 18.2 Å². The molecule has 3 N–H and O–H groups in total. The number of rotatable bonds is 3. The van der Waals surface area contributed by atoms with Crippen molar-refractivity contribution in [2.45, 2.75) is 18.6 Å². The molecule has 0 heterocycles. The number of hydrogen-bond acceptors (Lipinski definition) is 3. The molecule has 0 unspecified atom stereocenters. The fraction of sp³-hybridized carbons (Fsp3) is 0.400. The summed E-state index contributed by atoms with van der Waals surface area (Å²) in [4.78, 5) is 0. The highest BCUT2D eigenvalue weighted by atomic mass is 19.4. The summed E-state index contributed by atoms with van der Waals surface area (Å²) in [5, 5.41) is 9.38. The Morgan fingerprint density at radius 2 is 2.06 bits per heavy atom. The van der Waals surface area contributed by atoms with Gasteiger partial charge >= 0.3 is 6.18 Å². The molecule has 0 saturated heterocycles. The molecule has 0 radical (unpaired) electrons. The average Bonchev–Trinajstić information content (AvgIpc) is 2.15. The number of nitrogens with two attached hydrogens (primary N) is 1. The molecule has 0 spiro atoms. The zero-order valence-corrected chi connectivity index (χ0v) is 8.58. The summed E-state index contributed by atoms with van der Waals surface area (Å²) in [6.07, 6.45) is -5.45. The zero-order valence-electron chi connectivity index (χ0n) is 8.58. The third-order valence-corrected chi connectivity index (χ3v) is 2.08. The van der Waals surface area contributed by atoms with Crippen molar-refractivity contribution in [1.29, 1.82) is 0 Å². The van der Waals surface area contributed by atoms with E-state index in [1.165, 1.54) is 25.3 Å². The van der Waals surface area contributed by atoms with Crippen LogP contribution in [0.2, 0.25) is 0 Å². The molecule has 0 bridgehead atoms. The summed E-state index contributed by atoms with van der Waals surface area (Å²) in [5.41, 5.74) is 5.59. The van der Waals surface area contributed by atoms with Crippen molar-refractivity contribution < 1.29 is 23.0 Å². The monoisotopic (exact) mass is 235 g/mol. The first-order valence-corrected chi connectivity index (χ1v) is 4.52. The van der Waals surface area contributed by atoms with Crippen LogP contribution in [0.25, 0.3) is 0 Å². The topological polar surface area (TPSA) is 55.5 Å². The van der Waals surface area contributed by atoms with Gasteiger partial charge in [-0.3, -0.25) is 0 Å². The van der Waals surface area contributed by atoms with Crippen LogP contribution < -0.4 is 10.5 Å². The maximum absolute atomic E-state index is 12.1. The Hall–Kier alpha value is -1.43. The SMILES string of the molecule is COc1ccc([C@H](N)CC(F)(F)F)cc1O. The number of methoxy groups -OCH3 is 1. The predicted molar refractivity (Wildman–Crippen MR) is 52.3 cm³/mol. The second kappa shape index (κ2) is 4.61. The van der Waals surface area contributed by atoms with Crippen molar-refractivity contribution in [2.75, 3.05) is 7.11 Å². The fourth-order valence-corrected chi connectivity index (χ4v) is 1.30. The summed E-state index contributed by atoms with van der Waals surface area (Å²) < 4.78 is 41.0. The molecule has 0 aliphatic carbocycles. The Morgan fingerprint density at radius 1 is 1.44 bits per heavy atom. The molecular formula is C10H12F3NO2. The van der Waals surface area contributed by atoms with Crippen LogP contribution >= 0.6 is 0 Å². The lowest BCUT2D eigenvalue weighted by molar-refractivity contribution is -0.138. The summed E-state index contributed by atoms with van der Waals surface area (Å²) in [7, 11) is 1.35. The Labute approximate surface area is 90.6 Å². The van der Waals surface area contributed by atoms with Gasteiger partial charge in [0, 0.05) is 6.04 Å². The lowest BCUT2D eigenvalue weighted by Crippen LogP contribution is -2.20. The highest BCUT2D eigenvalue weighted by Crippen LogP contribution is 2.32. The second-order valence-corrected chi connectivity index (χ2v) is 3.36. The molecule has 0 aliphatic rings. The third-order valence-electron chi connectivity index (χ3n) is 2.08. The van der Waals surface area contributed by atoms with E-state index in [2.05, 4.69) is 0 Å². The molecule has 1 aromatic rings. The molecule has 0 saturated carbocycles. The second-order valence-electron chi connectivity index (χ2n) is 3.36. The van der Waals surface area contributed by atoms with Gasteiger partial charge in [-0.15, -0.1) is 0 Å². The molecule has 1 aromatic carbocycles. The van der Waals surface area contributed by atoms with E-state index >= 15 is 0 Å². The van der Waals surface area contributed by atoms with Crippen molar-refractivity contribution in [3.63, 3.8) is 0 Å². The summed E-state index contributed by atoms with van der Waals surface area (Å²) in [5.74, 6) is -0.0272. The van der Waals surface area contributed by atoms with Crippen LogP contribution in [0, 0.1) is 0 Å². The van der Waals surface area contributed by atoms with Crippen LogP contribution in [0.3, 0.4) is 0 Å². The van der Waals surface area contributed by atoms with Crippen molar-refractivity contribution >= 4 is 0 Å². The van der Waals surface area contributed by atoms with E-state index in [1.54, 1.807) is 0 Å². The van der Waals surface area contributed by atoms with Crippen molar-refractivity contribution in [2.24, 2.45) is 5.73 Å². The molecule has 3 nitrogen and oxygen atoms in total. The minimum absolute atomic E-state index is 0.197. The van der Waals surface area contributed by atoms with E-state index < -0.39 is 18.6 Å². The van der Waals surface area contributed by atoms with E-state index in [0.29, 0.717) is 0 Å². The maximum Gasteiger partial charge on any atom is 0.390 e. The number of halogens is 3. The van der Waals surface area contributed by atoms with Gasteiger partial charge in [-0.05, 0) is 17.7 Å². The Balaban J connectivity index is 2.85. The molecule has 0 aromatic heterocycles. The van der Waals surface area contributed by atoms with Gasteiger partial charge in [0.15, 0.2) is 11.5 Å². The molecule has 6 heteroatoms. The molecule has 16 heavy (non-hydrogen) atoms. The molecule has 0 aliphatic heterocycles. The summed E-state index contributed by atoms with van der Waals surface area (Å²) >= 11 is 0. The van der Waals surface area contributed by atoms with Crippen LogP contribution in [0.5, 0.6) is 11.5 Å². The minimum atomic E-state index is -4.32. The normalized spacial score (nSPS) is 13.6. The van der Waals surface area contributed by atoms with Crippen LogP contribution in [-0.2, 0) is 0 Å². The van der Waals surface area contributed by atoms with Crippen molar-refractivity contribution in [3.05, 3.63) is 23.8 Å². The van der Waals surface area contributed by atoms with E-state index in [-0.39, 0.29) is 17.1 Å². The lowest BCUT2D eigenvalue weighted by Gasteiger charge is -2.15. The van der Waals surface area contributed by atoms with E-state index in [4.69, 9.17) is 10.5 Å². The number of ether oxygens (including phenoxy) is 1. The molecule has 0 fully saturated rings. The molecule has 1 atom stereocenters. The number of aromatic hydroxyl groups is 1. The summed E-state index contributed by atoms with van der Waals surface area (Å²) in [6.45, 7) is 0. The number of alkyl halides is 3. The molecule has 1 rings (SSSR count). The Kier molecular flexibility index (Phi) is 3.64. The van der Waals surface area contributed by atoms with E-state index in [1.807, 2.05) is 0 Å². The Morgan fingerprint density at radius 3 is 2.50 bits per heavy atom. The first-order chi connectivity index (χ1) is 7.33. The number of phenols is 1. The largest absolute Gasteiger partial charge is 0.504 e. The van der Waals surface area contributed by atoms with E-state index in [9.17, 15) is 18.3 Å². The molecule has 0 amide bonds. The van der Waals surface area contributed by atoms with Crippen LogP contribution in [-0.4, -0.2) is 18.4 Å². The van der Waals surface area contributed by atoms with Gasteiger partial charge < -0.3 is 15.6 Å². The highest BCUT2D eigenvalue weighted by molar-refractivity contribution is 5.42. The van der Waals surface area contributed by atoms with Crippen LogP contribution in [0.4, 0.5) is 13.2 Å². The average molecular weight is 235 g/mol. The highest BCUT2D eigenvalue weighted by Gasteiger charge is 2.31. The van der Waals surface area contributed by atoms with Crippen molar-refractivity contribution in [3.8, 4) is 11.5 Å². The van der Waals surface area contributed by atoms with Gasteiger partial charge in [-0.1, -0.05) is 6.07 Å². The van der Waals surface area contributed by atoms with Gasteiger partial charge in [0.1, 0.15) is 0 Å². The van der Waals surface area contributed by atoms with Gasteiger partial charge in [-0.2, -0.15) is 13.2 Å². The first kappa shape index (κ1) is 12.6. The summed E-state index contributed by atoms with van der Waals surface area (Å²) in [6, 6.07) is 2.77. The van der Waals surface area contributed by atoms with Crippen LogP contribution in [0.1, 0.15) is 18.0 Å². The molecular weight excluding hydrogens is 223 g/mol. The standard InChI is InChI=1S/C10H12F3NO2/c1-16-9-3-2-6(4-8(9)15)7(14)5-10(11,12)13/h2-4,7,15H,5,14H2,1H3/t7-/m1/s1. The smallest absolute Gasteiger partial charge is 0.390 e. The predicted octanol–water partition coefficient (Wildman–Crippen LogP) is 2.35. The maximum atomic E-state index is 12.1. The number of benzene rings is 1. The third kappa shape index (κ3) is 3.30. The quantitative estimate of drug-likeness (QED) is 0.845. The van der Waals surface area contributed by atoms with Gasteiger partial charge in [0.05, 0.1) is 13.5 Å². The molecule has 90 valence electrons. The number of hydrogen-bond donors (Lipinski definition) is 2. The Bertz CT molecular complexity index is 366. The lowest BCUT2D eigenvalue weighted by atomic mass is 10.0. The van der Waals surface area contributed by atoms with Gasteiger partial charge in [-0.25, -0.2) is 0 Å². The van der Waals surface area contributed by atoms with E-state index in [0.717, 1.165) is 0 Å².